The molecular formula is C26H25N3O3. The second-order valence-electron chi connectivity index (χ2n) is 7.40. The normalized spacial score (nSPS) is 10.7. The Labute approximate surface area is 187 Å². The first-order valence-corrected chi connectivity index (χ1v) is 10.7. The van der Waals surface area contributed by atoms with Gasteiger partial charge in [-0.2, -0.15) is 4.98 Å². The highest BCUT2D eigenvalue weighted by atomic mass is 16.5. The third-order valence-corrected chi connectivity index (χ3v) is 4.96. The number of carbonyl (C=O) groups is 1. The zero-order valence-corrected chi connectivity index (χ0v) is 18.0. The van der Waals surface area contributed by atoms with Crippen molar-refractivity contribution in [3.8, 4) is 17.2 Å². The lowest BCUT2D eigenvalue weighted by Gasteiger charge is -2.09. The number of aromatic nitrogens is 2. The average Bonchev–Trinajstić information content (AvgIpc) is 3.29. The van der Waals surface area contributed by atoms with Crippen LogP contribution < -0.4 is 10.1 Å². The molecule has 0 radical (unpaired) electrons. The van der Waals surface area contributed by atoms with Crippen molar-refractivity contribution in [2.24, 2.45) is 0 Å². The Bertz CT molecular complexity index is 1150. The van der Waals surface area contributed by atoms with Crippen LogP contribution in [0.1, 0.15) is 41.5 Å². The van der Waals surface area contributed by atoms with E-state index in [0.717, 1.165) is 24.2 Å². The number of hydrogen-bond acceptors (Lipinski definition) is 5. The number of ether oxygens (including phenoxy) is 1. The SMILES string of the molecule is CCCCOc1ccc(C(=O)Nc2ccccc2-c2nc(Cc3ccccc3)no2)cc1. The Kier molecular flexibility index (Phi) is 6.92. The largest absolute Gasteiger partial charge is 0.494 e. The fraction of sp³-hybridized carbons (Fsp3) is 0.192. The van der Waals surface area contributed by atoms with Crippen LogP contribution in [-0.4, -0.2) is 22.7 Å². The van der Waals surface area contributed by atoms with Gasteiger partial charge in [-0.1, -0.05) is 61.0 Å². The fourth-order valence-electron chi connectivity index (χ4n) is 3.22. The van der Waals surface area contributed by atoms with E-state index < -0.39 is 0 Å². The summed E-state index contributed by atoms with van der Waals surface area (Å²) in [6.45, 7) is 2.79. The molecule has 1 N–H and O–H groups in total. The van der Waals surface area contributed by atoms with E-state index in [9.17, 15) is 4.79 Å². The van der Waals surface area contributed by atoms with Gasteiger partial charge in [0.2, 0.25) is 0 Å². The minimum Gasteiger partial charge on any atom is -0.494 e. The van der Waals surface area contributed by atoms with Crippen LogP contribution in [0.25, 0.3) is 11.5 Å². The maximum absolute atomic E-state index is 12.8. The highest BCUT2D eigenvalue weighted by Crippen LogP contribution is 2.27. The van der Waals surface area contributed by atoms with Crippen molar-refractivity contribution in [2.75, 3.05) is 11.9 Å². The average molecular weight is 428 g/mol. The van der Waals surface area contributed by atoms with Gasteiger partial charge in [0, 0.05) is 12.0 Å². The van der Waals surface area contributed by atoms with Crippen molar-refractivity contribution in [1.82, 2.24) is 10.1 Å². The van der Waals surface area contributed by atoms with Crippen molar-refractivity contribution in [1.29, 1.82) is 0 Å². The van der Waals surface area contributed by atoms with E-state index in [-0.39, 0.29) is 5.91 Å². The molecule has 0 bridgehead atoms. The fourth-order valence-corrected chi connectivity index (χ4v) is 3.22. The van der Waals surface area contributed by atoms with E-state index in [1.54, 1.807) is 12.1 Å². The molecule has 6 heteroatoms. The van der Waals surface area contributed by atoms with E-state index >= 15 is 0 Å². The number of para-hydroxylation sites is 1. The maximum Gasteiger partial charge on any atom is 0.260 e. The first-order chi connectivity index (χ1) is 15.7. The summed E-state index contributed by atoms with van der Waals surface area (Å²) in [6.07, 6.45) is 2.65. The van der Waals surface area contributed by atoms with Gasteiger partial charge in [-0.25, -0.2) is 0 Å². The Balaban J connectivity index is 1.46. The number of benzene rings is 3. The lowest BCUT2D eigenvalue weighted by Crippen LogP contribution is -2.12. The highest BCUT2D eigenvalue weighted by molar-refractivity contribution is 6.06. The van der Waals surface area contributed by atoms with Crippen molar-refractivity contribution >= 4 is 11.6 Å². The van der Waals surface area contributed by atoms with Gasteiger partial charge in [-0.05, 0) is 48.4 Å². The van der Waals surface area contributed by atoms with Gasteiger partial charge in [-0.3, -0.25) is 4.79 Å². The quantitative estimate of drug-likeness (QED) is 0.344. The number of nitrogens with zero attached hydrogens (tertiary/aromatic N) is 2. The van der Waals surface area contributed by atoms with Crippen molar-refractivity contribution in [3.05, 3.63) is 95.8 Å². The monoisotopic (exact) mass is 427 g/mol. The molecule has 4 aromatic rings. The lowest BCUT2D eigenvalue weighted by molar-refractivity contribution is 0.102. The van der Waals surface area contributed by atoms with Gasteiger partial charge >= 0.3 is 0 Å². The highest BCUT2D eigenvalue weighted by Gasteiger charge is 2.15. The standard InChI is InChI=1S/C26H25N3O3/c1-2-3-17-31-21-15-13-20(14-16-21)25(30)27-23-12-8-7-11-22(23)26-28-24(29-32-26)18-19-9-5-4-6-10-19/h4-16H,2-3,17-18H2,1H3,(H,27,30). The van der Waals surface area contributed by atoms with Crippen LogP contribution in [-0.2, 0) is 6.42 Å². The first kappa shape index (κ1) is 21.3. The first-order valence-electron chi connectivity index (χ1n) is 10.7. The van der Waals surface area contributed by atoms with Crippen LogP contribution in [0.5, 0.6) is 5.75 Å². The molecule has 162 valence electrons. The minimum atomic E-state index is -0.221. The van der Waals surface area contributed by atoms with Gasteiger partial charge in [0.05, 0.1) is 17.9 Å². The van der Waals surface area contributed by atoms with E-state index in [0.29, 0.717) is 41.6 Å². The molecule has 0 atom stereocenters. The number of rotatable bonds is 9. The third-order valence-electron chi connectivity index (χ3n) is 4.96. The van der Waals surface area contributed by atoms with Crippen LogP contribution in [0.4, 0.5) is 5.69 Å². The number of nitrogens with one attached hydrogen (secondary N) is 1. The summed E-state index contributed by atoms with van der Waals surface area (Å²) in [5.41, 5.74) is 2.92. The molecule has 0 aliphatic rings. The van der Waals surface area contributed by atoms with Crippen molar-refractivity contribution < 1.29 is 14.1 Å². The van der Waals surface area contributed by atoms with E-state index in [1.807, 2.05) is 66.7 Å². The predicted molar refractivity (Wildman–Crippen MR) is 124 cm³/mol. The zero-order valence-electron chi connectivity index (χ0n) is 18.0. The van der Waals surface area contributed by atoms with Crippen molar-refractivity contribution in [3.63, 3.8) is 0 Å². The summed E-state index contributed by atoms with van der Waals surface area (Å²) in [5.74, 6) is 1.49. The lowest BCUT2D eigenvalue weighted by atomic mass is 10.1. The number of hydrogen-bond donors (Lipinski definition) is 1. The molecule has 0 unspecified atom stereocenters. The van der Waals surface area contributed by atoms with Gasteiger partial charge in [-0.15, -0.1) is 0 Å². The molecule has 0 spiro atoms. The van der Waals surface area contributed by atoms with E-state index in [4.69, 9.17) is 9.26 Å². The Morgan fingerprint density at radius 2 is 1.72 bits per heavy atom. The number of carbonyl (C=O) groups excluding carboxylic acids is 1. The topological polar surface area (TPSA) is 77.2 Å². The van der Waals surface area contributed by atoms with Gasteiger partial charge < -0.3 is 14.6 Å². The Morgan fingerprint density at radius 3 is 2.50 bits per heavy atom. The van der Waals surface area contributed by atoms with E-state index in [2.05, 4.69) is 22.4 Å². The molecule has 1 amide bonds. The zero-order chi connectivity index (χ0) is 22.2. The predicted octanol–water partition coefficient (Wildman–Crippen LogP) is 5.76. The van der Waals surface area contributed by atoms with E-state index in [1.165, 1.54) is 0 Å². The molecule has 0 aliphatic carbocycles. The molecule has 0 saturated heterocycles. The number of unbranched alkanes of at least 4 members (excludes halogenated alkanes) is 1. The van der Waals surface area contributed by atoms with Crippen LogP contribution >= 0.6 is 0 Å². The summed E-state index contributed by atoms with van der Waals surface area (Å²) in [6, 6.07) is 24.5. The van der Waals surface area contributed by atoms with Crippen LogP contribution in [0.3, 0.4) is 0 Å². The summed E-state index contributed by atoms with van der Waals surface area (Å²) >= 11 is 0. The molecular weight excluding hydrogens is 402 g/mol. The molecule has 32 heavy (non-hydrogen) atoms. The molecule has 0 fully saturated rings. The molecule has 1 heterocycles. The molecule has 6 nitrogen and oxygen atoms in total. The Morgan fingerprint density at radius 1 is 0.969 bits per heavy atom. The molecule has 0 aliphatic heterocycles. The molecule has 4 rings (SSSR count). The molecule has 3 aromatic carbocycles. The summed E-state index contributed by atoms with van der Waals surface area (Å²) in [5, 5.41) is 7.04. The third kappa shape index (κ3) is 5.40. The van der Waals surface area contributed by atoms with Crippen molar-refractivity contribution in [2.45, 2.75) is 26.2 Å². The molecule has 1 aromatic heterocycles. The smallest absolute Gasteiger partial charge is 0.260 e. The van der Waals surface area contributed by atoms with Crippen LogP contribution in [0, 0.1) is 0 Å². The minimum absolute atomic E-state index is 0.221. The van der Waals surface area contributed by atoms with Gasteiger partial charge in [0.25, 0.3) is 11.8 Å². The van der Waals surface area contributed by atoms with Crippen LogP contribution in [0.2, 0.25) is 0 Å². The summed E-state index contributed by atoms with van der Waals surface area (Å²) in [7, 11) is 0. The van der Waals surface area contributed by atoms with Crippen LogP contribution in [0.15, 0.2) is 83.4 Å². The second-order valence-corrected chi connectivity index (χ2v) is 7.40. The summed E-state index contributed by atoms with van der Waals surface area (Å²) < 4.78 is 11.1. The molecule has 0 saturated carbocycles. The number of amides is 1. The Hall–Kier alpha value is -3.93. The second kappa shape index (κ2) is 10.4. The van der Waals surface area contributed by atoms with Gasteiger partial charge in [0.1, 0.15) is 5.75 Å². The van der Waals surface area contributed by atoms with Gasteiger partial charge in [0.15, 0.2) is 5.82 Å². The summed E-state index contributed by atoms with van der Waals surface area (Å²) in [4.78, 5) is 17.3. The maximum atomic E-state index is 12.8. The number of anilines is 1.